The molecule has 0 unspecified atom stereocenters. The number of benzene rings is 2. The van der Waals surface area contributed by atoms with Crippen LogP contribution in [0.2, 0.25) is 0 Å². The van der Waals surface area contributed by atoms with Gasteiger partial charge in [0.25, 0.3) is 5.56 Å². The highest BCUT2D eigenvalue weighted by Gasteiger charge is 2.22. The van der Waals surface area contributed by atoms with Crippen LogP contribution in [0, 0.1) is 0 Å². The van der Waals surface area contributed by atoms with Gasteiger partial charge in [-0.25, -0.2) is 4.40 Å². The van der Waals surface area contributed by atoms with Gasteiger partial charge >= 0.3 is 5.97 Å². The van der Waals surface area contributed by atoms with Crippen LogP contribution in [0.15, 0.2) is 51.7 Å². The van der Waals surface area contributed by atoms with Crippen molar-refractivity contribution in [1.82, 2.24) is 19.2 Å². The Morgan fingerprint density at radius 1 is 1.10 bits per heavy atom. The van der Waals surface area contributed by atoms with Gasteiger partial charge in [0.15, 0.2) is 0 Å². The fourth-order valence-electron chi connectivity index (χ4n) is 4.05. The third kappa shape index (κ3) is 3.59. The molecule has 1 saturated heterocycles. The largest absolute Gasteiger partial charge is 0.427 e. The van der Waals surface area contributed by atoms with Gasteiger partial charge in [0, 0.05) is 24.5 Å². The number of aromatic nitrogens is 4. The molecule has 3 heterocycles. The monoisotopic (exact) mass is 481 g/mol. The van der Waals surface area contributed by atoms with Gasteiger partial charge in [0.2, 0.25) is 11.7 Å². The summed E-state index contributed by atoms with van der Waals surface area (Å²) in [5, 5.41) is 9.45. The van der Waals surface area contributed by atoms with E-state index in [1.54, 1.807) is 16.7 Å². The molecule has 5 rings (SSSR count). The van der Waals surface area contributed by atoms with Crippen molar-refractivity contribution in [3.63, 3.8) is 0 Å². The summed E-state index contributed by atoms with van der Waals surface area (Å²) in [7, 11) is 0. The van der Waals surface area contributed by atoms with Crippen LogP contribution in [-0.2, 0) is 11.3 Å². The van der Waals surface area contributed by atoms with Crippen molar-refractivity contribution in [3.8, 4) is 5.75 Å². The lowest BCUT2D eigenvalue weighted by Crippen LogP contribution is -2.26. The summed E-state index contributed by atoms with van der Waals surface area (Å²) >= 11 is 3.48. The van der Waals surface area contributed by atoms with Crippen molar-refractivity contribution in [2.24, 2.45) is 0 Å². The smallest absolute Gasteiger partial charge is 0.308 e. The molecule has 0 amide bonds. The van der Waals surface area contributed by atoms with Crippen LogP contribution in [-0.4, -0.2) is 38.2 Å². The van der Waals surface area contributed by atoms with Gasteiger partial charge in [0.1, 0.15) is 5.75 Å². The van der Waals surface area contributed by atoms with E-state index in [2.05, 4.69) is 31.0 Å². The number of anilines is 1. The molecule has 31 heavy (non-hydrogen) atoms. The first-order chi connectivity index (χ1) is 15.0. The Labute approximate surface area is 186 Å². The average Bonchev–Trinajstić information content (AvgIpc) is 3.42. The number of hydrogen-bond acceptors (Lipinski definition) is 6. The molecule has 0 N–H and O–H groups in total. The number of ether oxygens (including phenoxy) is 1. The number of hydrogen-bond donors (Lipinski definition) is 0. The Balaban J connectivity index is 1.67. The third-order valence-electron chi connectivity index (χ3n) is 5.46. The van der Waals surface area contributed by atoms with E-state index >= 15 is 0 Å². The van der Waals surface area contributed by atoms with Gasteiger partial charge in [-0.1, -0.05) is 28.1 Å². The van der Waals surface area contributed by atoms with E-state index in [1.165, 1.54) is 6.92 Å². The topological polar surface area (TPSA) is 81.7 Å². The fraction of sp³-hybridized carbons (Fsp3) is 0.273. The highest BCUT2D eigenvalue weighted by atomic mass is 79.9. The van der Waals surface area contributed by atoms with Crippen LogP contribution in [0.1, 0.15) is 25.3 Å². The lowest BCUT2D eigenvalue weighted by molar-refractivity contribution is -0.131. The molecule has 0 atom stereocenters. The maximum atomic E-state index is 13.4. The molecule has 0 aliphatic carbocycles. The molecular formula is C22H20BrN5O3. The van der Waals surface area contributed by atoms with Gasteiger partial charge in [-0.15, -0.1) is 10.2 Å². The third-order valence-corrected chi connectivity index (χ3v) is 5.95. The van der Waals surface area contributed by atoms with Crippen LogP contribution in [0.4, 0.5) is 5.95 Å². The summed E-state index contributed by atoms with van der Waals surface area (Å²) in [6.07, 6.45) is 2.24. The van der Waals surface area contributed by atoms with Crippen LogP contribution in [0.3, 0.4) is 0 Å². The van der Waals surface area contributed by atoms with E-state index in [0.717, 1.165) is 47.4 Å². The van der Waals surface area contributed by atoms with Gasteiger partial charge in [-0.2, -0.15) is 0 Å². The fourth-order valence-corrected chi connectivity index (χ4v) is 4.41. The highest BCUT2D eigenvalue weighted by molar-refractivity contribution is 9.10. The summed E-state index contributed by atoms with van der Waals surface area (Å²) in [6.45, 7) is 3.54. The zero-order valence-corrected chi connectivity index (χ0v) is 18.5. The Morgan fingerprint density at radius 2 is 1.84 bits per heavy atom. The van der Waals surface area contributed by atoms with E-state index in [0.29, 0.717) is 23.5 Å². The van der Waals surface area contributed by atoms with Gasteiger partial charge < -0.3 is 9.64 Å². The molecule has 0 radical (unpaired) electrons. The lowest BCUT2D eigenvalue weighted by Gasteiger charge is -2.17. The Bertz CT molecular complexity index is 1350. The van der Waals surface area contributed by atoms with Crippen molar-refractivity contribution in [2.75, 3.05) is 18.0 Å². The van der Waals surface area contributed by atoms with Crippen molar-refractivity contribution in [2.45, 2.75) is 26.3 Å². The minimum Gasteiger partial charge on any atom is -0.427 e. The van der Waals surface area contributed by atoms with Crippen LogP contribution in [0.5, 0.6) is 5.75 Å². The summed E-state index contributed by atoms with van der Waals surface area (Å²) in [4.78, 5) is 26.8. The van der Waals surface area contributed by atoms with Crippen LogP contribution < -0.4 is 15.2 Å². The molecule has 1 fully saturated rings. The van der Waals surface area contributed by atoms with Crippen LogP contribution >= 0.6 is 15.9 Å². The molecule has 1 aliphatic heterocycles. The predicted octanol–water partition coefficient (Wildman–Crippen LogP) is 3.38. The summed E-state index contributed by atoms with van der Waals surface area (Å²) in [5.41, 5.74) is 1.55. The molecule has 9 heteroatoms. The van der Waals surface area contributed by atoms with E-state index in [-0.39, 0.29) is 11.5 Å². The molecule has 0 saturated carbocycles. The second kappa shape index (κ2) is 7.81. The standard InChI is InChI=1S/C22H20BrN5O3/c1-14(29)31-17-7-4-15(5-8-17)13-27-20(30)18-12-16(23)6-9-19(18)28-21(24-25-22(27)28)26-10-2-3-11-26/h4-9,12H,2-3,10-11,13H2,1H3. The Kier molecular flexibility index (Phi) is 4.97. The zero-order chi connectivity index (χ0) is 21.5. The highest BCUT2D eigenvalue weighted by Crippen LogP contribution is 2.25. The van der Waals surface area contributed by atoms with E-state index < -0.39 is 0 Å². The zero-order valence-electron chi connectivity index (χ0n) is 16.9. The van der Waals surface area contributed by atoms with Crippen molar-refractivity contribution in [3.05, 3.63) is 62.9 Å². The summed E-state index contributed by atoms with van der Waals surface area (Å²) in [6, 6.07) is 12.8. The van der Waals surface area contributed by atoms with Crippen molar-refractivity contribution >= 4 is 44.5 Å². The number of carbonyl (C=O) groups excluding carboxylic acids is 1. The molecular weight excluding hydrogens is 462 g/mol. The number of esters is 1. The van der Waals surface area contributed by atoms with Gasteiger partial charge in [-0.05, 0) is 48.7 Å². The molecule has 2 aromatic carbocycles. The first-order valence-electron chi connectivity index (χ1n) is 10.1. The first kappa shape index (κ1) is 19.7. The van der Waals surface area contributed by atoms with Gasteiger partial charge in [0.05, 0.1) is 17.4 Å². The number of halogens is 1. The molecule has 158 valence electrons. The van der Waals surface area contributed by atoms with E-state index in [1.807, 2.05) is 34.7 Å². The Hall–Kier alpha value is -3.20. The molecule has 1 aliphatic rings. The molecule has 4 aromatic rings. The molecule has 0 bridgehead atoms. The average molecular weight is 482 g/mol. The maximum Gasteiger partial charge on any atom is 0.308 e. The molecule has 8 nitrogen and oxygen atoms in total. The van der Waals surface area contributed by atoms with Gasteiger partial charge in [-0.3, -0.25) is 14.2 Å². The van der Waals surface area contributed by atoms with Crippen molar-refractivity contribution < 1.29 is 9.53 Å². The minimum atomic E-state index is -0.372. The summed E-state index contributed by atoms with van der Waals surface area (Å²) < 4.78 is 9.55. The summed E-state index contributed by atoms with van der Waals surface area (Å²) in [5.74, 6) is 1.36. The second-order valence-electron chi connectivity index (χ2n) is 7.62. The normalized spacial score (nSPS) is 13.9. The van der Waals surface area contributed by atoms with E-state index in [9.17, 15) is 9.59 Å². The molecule has 0 spiro atoms. The molecule has 2 aromatic heterocycles. The van der Waals surface area contributed by atoms with Crippen molar-refractivity contribution in [1.29, 1.82) is 0 Å². The number of rotatable bonds is 4. The number of nitrogens with zero attached hydrogens (tertiary/aromatic N) is 5. The predicted molar refractivity (Wildman–Crippen MR) is 121 cm³/mol. The lowest BCUT2D eigenvalue weighted by atomic mass is 10.2. The van der Waals surface area contributed by atoms with Crippen LogP contribution in [0.25, 0.3) is 16.7 Å². The first-order valence-corrected chi connectivity index (χ1v) is 10.9. The Morgan fingerprint density at radius 3 is 2.55 bits per heavy atom. The number of carbonyl (C=O) groups is 1. The quantitative estimate of drug-likeness (QED) is 0.328. The van der Waals surface area contributed by atoms with E-state index in [4.69, 9.17) is 4.74 Å². The maximum absolute atomic E-state index is 13.4. The SMILES string of the molecule is CC(=O)Oc1ccc(Cn2c(=O)c3cc(Br)ccc3n3c(N4CCCC4)nnc23)cc1. The second-order valence-corrected chi connectivity index (χ2v) is 8.54. The minimum absolute atomic E-state index is 0.131. The number of fused-ring (bicyclic) bond motifs is 3.